The van der Waals surface area contributed by atoms with Gasteiger partial charge in [0.05, 0.1) is 18.5 Å². The highest BCUT2D eigenvalue weighted by molar-refractivity contribution is 5.96. The van der Waals surface area contributed by atoms with Crippen molar-refractivity contribution in [3.05, 3.63) is 59.8 Å². The molecule has 4 rings (SSSR count). The SMILES string of the molecule is COc1ncc(-c2ccc(NCC3(c4ncccc4F)CCC3)nn2)cc1C(N)=O. The van der Waals surface area contributed by atoms with Gasteiger partial charge >= 0.3 is 0 Å². The largest absolute Gasteiger partial charge is 0.480 e. The second kappa shape index (κ2) is 8.02. The molecule has 0 atom stereocenters. The van der Waals surface area contributed by atoms with Gasteiger partial charge in [0, 0.05) is 29.9 Å². The Morgan fingerprint density at radius 3 is 2.70 bits per heavy atom. The Labute approximate surface area is 172 Å². The maximum Gasteiger partial charge on any atom is 0.254 e. The maximum atomic E-state index is 14.2. The number of methoxy groups -OCH3 is 1. The molecule has 3 heterocycles. The first kappa shape index (κ1) is 19.7. The van der Waals surface area contributed by atoms with Crippen molar-refractivity contribution in [2.24, 2.45) is 5.73 Å². The summed E-state index contributed by atoms with van der Waals surface area (Å²) in [6.07, 6.45) is 5.93. The van der Waals surface area contributed by atoms with Crippen molar-refractivity contribution >= 4 is 11.7 Å². The number of nitrogens with zero attached hydrogens (tertiary/aromatic N) is 4. The lowest BCUT2D eigenvalue weighted by Gasteiger charge is -2.41. The summed E-state index contributed by atoms with van der Waals surface area (Å²) in [5, 5.41) is 11.7. The third-order valence-electron chi connectivity index (χ3n) is 5.45. The van der Waals surface area contributed by atoms with Gasteiger partial charge in [-0.25, -0.2) is 9.37 Å². The van der Waals surface area contributed by atoms with Crippen LogP contribution in [0.5, 0.6) is 5.88 Å². The van der Waals surface area contributed by atoms with E-state index in [0.717, 1.165) is 19.3 Å². The van der Waals surface area contributed by atoms with Crippen LogP contribution in [0.4, 0.5) is 10.2 Å². The van der Waals surface area contributed by atoms with Crippen LogP contribution in [0.15, 0.2) is 42.7 Å². The molecule has 0 spiro atoms. The van der Waals surface area contributed by atoms with E-state index in [0.29, 0.717) is 29.3 Å². The van der Waals surface area contributed by atoms with E-state index in [9.17, 15) is 9.18 Å². The molecule has 154 valence electrons. The molecule has 9 heteroatoms. The molecule has 0 aliphatic heterocycles. The highest BCUT2D eigenvalue weighted by Crippen LogP contribution is 2.43. The minimum Gasteiger partial charge on any atom is -0.480 e. The van der Waals surface area contributed by atoms with Crippen molar-refractivity contribution < 1.29 is 13.9 Å². The monoisotopic (exact) mass is 408 g/mol. The summed E-state index contributed by atoms with van der Waals surface area (Å²) >= 11 is 0. The summed E-state index contributed by atoms with van der Waals surface area (Å²) in [5.41, 5.74) is 6.84. The van der Waals surface area contributed by atoms with Crippen molar-refractivity contribution in [2.45, 2.75) is 24.7 Å². The van der Waals surface area contributed by atoms with E-state index in [2.05, 4.69) is 25.5 Å². The van der Waals surface area contributed by atoms with Crippen LogP contribution in [0, 0.1) is 5.82 Å². The molecule has 1 aliphatic rings. The van der Waals surface area contributed by atoms with Crippen LogP contribution in [0.25, 0.3) is 11.3 Å². The smallest absolute Gasteiger partial charge is 0.254 e. The number of pyridine rings is 2. The molecule has 30 heavy (non-hydrogen) atoms. The number of halogens is 1. The number of ether oxygens (including phenoxy) is 1. The van der Waals surface area contributed by atoms with Crippen LogP contribution in [-0.2, 0) is 5.41 Å². The lowest BCUT2D eigenvalue weighted by Crippen LogP contribution is -2.42. The number of hydrogen-bond donors (Lipinski definition) is 2. The van der Waals surface area contributed by atoms with Crippen molar-refractivity contribution in [1.29, 1.82) is 0 Å². The summed E-state index contributed by atoms with van der Waals surface area (Å²) in [5.74, 6) is -0.194. The normalized spacial score (nSPS) is 14.6. The maximum absolute atomic E-state index is 14.2. The Hall–Kier alpha value is -3.62. The molecule has 0 aromatic carbocycles. The average molecular weight is 408 g/mol. The van der Waals surface area contributed by atoms with Crippen LogP contribution >= 0.6 is 0 Å². The summed E-state index contributed by atoms with van der Waals surface area (Å²) in [6, 6.07) is 8.15. The molecule has 3 aromatic heterocycles. The fourth-order valence-electron chi connectivity index (χ4n) is 3.65. The summed E-state index contributed by atoms with van der Waals surface area (Å²) in [6.45, 7) is 0.519. The van der Waals surface area contributed by atoms with E-state index < -0.39 is 5.91 Å². The number of carbonyl (C=O) groups is 1. The fraction of sp³-hybridized carbons (Fsp3) is 0.286. The van der Waals surface area contributed by atoms with Gasteiger partial charge in [-0.3, -0.25) is 9.78 Å². The van der Waals surface area contributed by atoms with E-state index in [-0.39, 0.29) is 22.7 Å². The second-order valence-electron chi connectivity index (χ2n) is 7.27. The molecular formula is C21H21FN6O2. The zero-order valence-corrected chi connectivity index (χ0v) is 16.4. The van der Waals surface area contributed by atoms with Crippen LogP contribution in [0.2, 0.25) is 0 Å². The van der Waals surface area contributed by atoms with Crippen molar-refractivity contribution in [3.63, 3.8) is 0 Å². The number of aromatic nitrogens is 4. The van der Waals surface area contributed by atoms with Gasteiger partial charge < -0.3 is 15.8 Å². The van der Waals surface area contributed by atoms with Crippen LogP contribution in [-0.4, -0.2) is 39.7 Å². The van der Waals surface area contributed by atoms with Gasteiger partial charge in [-0.2, -0.15) is 0 Å². The topological polar surface area (TPSA) is 116 Å². The Kier molecular flexibility index (Phi) is 5.26. The van der Waals surface area contributed by atoms with E-state index in [1.165, 1.54) is 19.4 Å². The fourth-order valence-corrected chi connectivity index (χ4v) is 3.65. The zero-order valence-electron chi connectivity index (χ0n) is 16.4. The van der Waals surface area contributed by atoms with E-state index in [1.807, 2.05) is 0 Å². The number of carbonyl (C=O) groups excluding carboxylic acids is 1. The van der Waals surface area contributed by atoms with Gasteiger partial charge in [0.15, 0.2) is 0 Å². The lowest BCUT2D eigenvalue weighted by molar-refractivity contribution is 0.0996. The number of nitrogens with one attached hydrogen (secondary N) is 1. The second-order valence-corrected chi connectivity index (χ2v) is 7.27. The van der Waals surface area contributed by atoms with Crippen molar-refractivity contribution in [3.8, 4) is 17.1 Å². The highest BCUT2D eigenvalue weighted by Gasteiger charge is 2.41. The van der Waals surface area contributed by atoms with Crippen LogP contribution in [0.1, 0.15) is 35.3 Å². The van der Waals surface area contributed by atoms with E-state index in [4.69, 9.17) is 10.5 Å². The van der Waals surface area contributed by atoms with Gasteiger partial charge in [0.25, 0.3) is 5.91 Å². The molecule has 1 fully saturated rings. The number of nitrogens with two attached hydrogens (primary N) is 1. The van der Waals surface area contributed by atoms with Crippen molar-refractivity contribution in [1.82, 2.24) is 20.2 Å². The Morgan fingerprint density at radius 1 is 1.27 bits per heavy atom. The van der Waals surface area contributed by atoms with Gasteiger partial charge in [-0.15, -0.1) is 10.2 Å². The Morgan fingerprint density at radius 2 is 2.10 bits per heavy atom. The highest BCUT2D eigenvalue weighted by atomic mass is 19.1. The van der Waals surface area contributed by atoms with E-state index in [1.54, 1.807) is 30.5 Å². The number of hydrogen-bond acceptors (Lipinski definition) is 7. The summed E-state index contributed by atoms with van der Waals surface area (Å²) in [4.78, 5) is 20.0. The van der Waals surface area contributed by atoms with Gasteiger partial charge in [-0.05, 0) is 43.2 Å². The predicted octanol–water partition coefficient (Wildman–Crippen LogP) is 2.71. The molecule has 0 radical (unpaired) electrons. The summed E-state index contributed by atoms with van der Waals surface area (Å²) in [7, 11) is 1.42. The minimum atomic E-state index is -0.639. The van der Waals surface area contributed by atoms with Gasteiger partial charge in [0.2, 0.25) is 5.88 Å². The third kappa shape index (κ3) is 3.66. The number of rotatable bonds is 7. The molecule has 0 unspecified atom stereocenters. The molecule has 1 saturated carbocycles. The first-order chi connectivity index (χ1) is 14.5. The third-order valence-corrected chi connectivity index (χ3v) is 5.45. The number of amides is 1. The molecule has 1 aliphatic carbocycles. The van der Waals surface area contributed by atoms with Gasteiger partial charge in [0.1, 0.15) is 17.2 Å². The van der Waals surface area contributed by atoms with Crippen LogP contribution < -0.4 is 15.8 Å². The summed E-state index contributed by atoms with van der Waals surface area (Å²) < 4.78 is 19.3. The van der Waals surface area contributed by atoms with Crippen LogP contribution in [0.3, 0.4) is 0 Å². The average Bonchev–Trinajstić information content (AvgIpc) is 2.74. The molecule has 8 nitrogen and oxygen atoms in total. The molecule has 0 saturated heterocycles. The molecule has 0 bridgehead atoms. The minimum absolute atomic E-state index is 0.157. The molecular weight excluding hydrogens is 387 g/mol. The van der Waals surface area contributed by atoms with Gasteiger partial charge in [-0.1, -0.05) is 6.42 Å². The number of anilines is 1. The van der Waals surface area contributed by atoms with Crippen molar-refractivity contribution in [2.75, 3.05) is 19.0 Å². The number of primary amides is 1. The standard InChI is InChI=1S/C21H21FN6O2/c1-30-20-14(19(23)29)10-13(11-25-20)16-5-6-17(28-27-16)26-12-21(7-3-8-21)18-15(22)4-2-9-24-18/h2,4-6,9-11H,3,7-8,12H2,1H3,(H2,23,29)(H,26,28). The zero-order chi connectivity index (χ0) is 21.1. The molecule has 3 aromatic rings. The first-order valence-corrected chi connectivity index (χ1v) is 9.55. The van der Waals surface area contributed by atoms with E-state index >= 15 is 0 Å². The lowest BCUT2D eigenvalue weighted by atomic mass is 9.66. The first-order valence-electron chi connectivity index (χ1n) is 9.55. The molecule has 3 N–H and O–H groups in total. The molecule has 1 amide bonds. The Bertz CT molecular complexity index is 1070. The predicted molar refractivity (Wildman–Crippen MR) is 109 cm³/mol. The quantitative estimate of drug-likeness (QED) is 0.617. The Balaban J connectivity index is 1.50.